The standard InChI is InChI=1S/C34H34N2O6/c1-34(2,3)24-9-15-28(16-10-24)42-30-17-11-25(12-18-30)35-31(37)21-22-33(39)40-23-32(38)36-26-13-19-29(20-14-26)41-27-7-5-4-6-8-27/h4-20H,21-23H2,1-3H3,(H,35,37)(H,36,38). The lowest BCUT2D eigenvalue weighted by molar-refractivity contribution is -0.147. The molecule has 0 unspecified atom stereocenters. The van der Waals surface area contributed by atoms with Crippen LogP contribution in [0.5, 0.6) is 23.0 Å². The van der Waals surface area contributed by atoms with E-state index in [2.05, 4.69) is 31.4 Å². The SMILES string of the molecule is CC(C)(C)c1ccc(Oc2ccc(NC(=O)CCC(=O)OCC(=O)Nc3ccc(Oc4ccccc4)cc3)cc2)cc1. The number of nitrogens with one attached hydrogen (secondary N) is 2. The number of carbonyl (C=O) groups excluding carboxylic acids is 3. The molecule has 0 atom stereocenters. The van der Waals surface area contributed by atoms with Gasteiger partial charge in [0.2, 0.25) is 5.91 Å². The second-order valence-corrected chi connectivity index (χ2v) is 10.6. The van der Waals surface area contributed by atoms with Gasteiger partial charge in [0.15, 0.2) is 6.61 Å². The zero-order valence-corrected chi connectivity index (χ0v) is 23.9. The molecule has 0 heterocycles. The fourth-order valence-electron chi connectivity index (χ4n) is 3.85. The van der Waals surface area contributed by atoms with Gasteiger partial charge in [0.25, 0.3) is 5.91 Å². The Balaban J connectivity index is 1.13. The predicted molar refractivity (Wildman–Crippen MR) is 162 cm³/mol. The molecule has 0 bridgehead atoms. The van der Waals surface area contributed by atoms with Gasteiger partial charge in [-0.25, -0.2) is 0 Å². The van der Waals surface area contributed by atoms with E-state index in [-0.39, 0.29) is 24.2 Å². The second kappa shape index (κ2) is 14.0. The Hall–Kier alpha value is -5.11. The van der Waals surface area contributed by atoms with Gasteiger partial charge in [-0.05, 0) is 83.8 Å². The van der Waals surface area contributed by atoms with Crippen LogP contribution >= 0.6 is 0 Å². The Morgan fingerprint density at radius 1 is 0.571 bits per heavy atom. The molecule has 0 saturated carbocycles. The third kappa shape index (κ3) is 9.52. The summed E-state index contributed by atoms with van der Waals surface area (Å²) in [5.74, 6) is 1.20. The van der Waals surface area contributed by atoms with Crippen molar-refractivity contribution in [3.63, 3.8) is 0 Å². The van der Waals surface area contributed by atoms with E-state index in [0.29, 0.717) is 28.6 Å². The van der Waals surface area contributed by atoms with E-state index < -0.39 is 18.5 Å². The third-order valence-electron chi connectivity index (χ3n) is 6.13. The summed E-state index contributed by atoms with van der Waals surface area (Å²) in [5.41, 5.74) is 2.39. The molecule has 42 heavy (non-hydrogen) atoms. The first-order valence-corrected chi connectivity index (χ1v) is 13.6. The van der Waals surface area contributed by atoms with E-state index in [4.69, 9.17) is 14.2 Å². The first-order valence-electron chi connectivity index (χ1n) is 13.6. The average molecular weight is 567 g/mol. The van der Waals surface area contributed by atoms with Crippen LogP contribution in [0.3, 0.4) is 0 Å². The summed E-state index contributed by atoms with van der Waals surface area (Å²) in [5, 5.41) is 5.39. The molecule has 4 aromatic rings. The highest BCUT2D eigenvalue weighted by atomic mass is 16.5. The Bertz CT molecular complexity index is 1480. The Kier molecular flexibility index (Phi) is 9.94. The maximum atomic E-state index is 12.3. The third-order valence-corrected chi connectivity index (χ3v) is 6.13. The van der Waals surface area contributed by atoms with Gasteiger partial charge >= 0.3 is 5.97 Å². The molecule has 0 aliphatic heterocycles. The molecule has 0 fully saturated rings. The molecule has 2 amide bonds. The van der Waals surface area contributed by atoms with Gasteiger partial charge in [0.1, 0.15) is 23.0 Å². The van der Waals surface area contributed by atoms with Crippen molar-refractivity contribution in [2.75, 3.05) is 17.2 Å². The van der Waals surface area contributed by atoms with E-state index in [1.165, 1.54) is 5.56 Å². The highest BCUT2D eigenvalue weighted by Gasteiger charge is 2.14. The number of esters is 1. The molecule has 8 heteroatoms. The second-order valence-electron chi connectivity index (χ2n) is 10.6. The molecule has 0 saturated heterocycles. The summed E-state index contributed by atoms with van der Waals surface area (Å²) < 4.78 is 16.6. The average Bonchev–Trinajstić information content (AvgIpc) is 2.97. The van der Waals surface area contributed by atoms with Crippen LogP contribution in [-0.4, -0.2) is 24.4 Å². The molecule has 0 radical (unpaired) electrons. The highest BCUT2D eigenvalue weighted by Crippen LogP contribution is 2.28. The van der Waals surface area contributed by atoms with Crippen molar-refractivity contribution in [1.29, 1.82) is 0 Å². The van der Waals surface area contributed by atoms with Crippen molar-refractivity contribution < 1.29 is 28.6 Å². The fourth-order valence-corrected chi connectivity index (χ4v) is 3.85. The van der Waals surface area contributed by atoms with Crippen LogP contribution in [0.15, 0.2) is 103 Å². The zero-order valence-electron chi connectivity index (χ0n) is 23.9. The molecular formula is C34H34N2O6. The number of anilines is 2. The summed E-state index contributed by atoms with van der Waals surface area (Å²) in [6, 6.07) is 31.1. The number of hydrogen-bond donors (Lipinski definition) is 2. The zero-order chi connectivity index (χ0) is 30.0. The van der Waals surface area contributed by atoms with Crippen LogP contribution in [-0.2, 0) is 24.5 Å². The number of benzene rings is 4. The van der Waals surface area contributed by atoms with Crippen LogP contribution < -0.4 is 20.1 Å². The summed E-state index contributed by atoms with van der Waals surface area (Å²) in [4.78, 5) is 36.5. The minimum atomic E-state index is -0.645. The Morgan fingerprint density at radius 3 is 1.52 bits per heavy atom. The minimum Gasteiger partial charge on any atom is -0.457 e. The van der Waals surface area contributed by atoms with Gasteiger partial charge in [-0.15, -0.1) is 0 Å². The lowest BCUT2D eigenvalue weighted by Gasteiger charge is -2.19. The summed E-state index contributed by atoms with van der Waals surface area (Å²) in [6.45, 7) is 6.01. The van der Waals surface area contributed by atoms with Gasteiger partial charge in [-0.2, -0.15) is 0 Å². The fraction of sp³-hybridized carbons (Fsp3) is 0.206. The number of ether oxygens (including phenoxy) is 3. The van der Waals surface area contributed by atoms with Gasteiger partial charge in [0.05, 0.1) is 6.42 Å². The highest BCUT2D eigenvalue weighted by molar-refractivity contribution is 5.94. The van der Waals surface area contributed by atoms with Crippen molar-refractivity contribution in [3.8, 4) is 23.0 Å². The normalized spacial score (nSPS) is 10.8. The largest absolute Gasteiger partial charge is 0.457 e. The van der Waals surface area contributed by atoms with E-state index in [1.807, 2.05) is 54.6 Å². The van der Waals surface area contributed by atoms with Crippen LogP contribution in [0.25, 0.3) is 0 Å². The van der Waals surface area contributed by atoms with E-state index in [0.717, 1.165) is 5.75 Å². The Labute approximate surface area is 245 Å². The molecule has 2 N–H and O–H groups in total. The molecule has 0 aromatic heterocycles. The maximum absolute atomic E-state index is 12.3. The van der Waals surface area contributed by atoms with Gasteiger partial charge in [-0.3, -0.25) is 14.4 Å². The van der Waals surface area contributed by atoms with Crippen LogP contribution in [0.2, 0.25) is 0 Å². The first kappa shape index (κ1) is 29.9. The lowest BCUT2D eigenvalue weighted by atomic mass is 9.87. The molecule has 8 nitrogen and oxygen atoms in total. The van der Waals surface area contributed by atoms with Crippen molar-refractivity contribution >= 4 is 29.2 Å². The molecule has 0 spiro atoms. The smallest absolute Gasteiger partial charge is 0.306 e. The quantitative estimate of drug-likeness (QED) is 0.183. The molecule has 4 aromatic carbocycles. The number of para-hydroxylation sites is 1. The monoisotopic (exact) mass is 566 g/mol. The molecular weight excluding hydrogens is 532 g/mol. The summed E-state index contributed by atoms with van der Waals surface area (Å²) in [7, 11) is 0. The minimum absolute atomic E-state index is 0.0663. The van der Waals surface area contributed by atoms with Gasteiger partial charge in [-0.1, -0.05) is 51.1 Å². The van der Waals surface area contributed by atoms with Crippen molar-refractivity contribution in [3.05, 3.63) is 109 Å². The molecule has 0 aliphatic rings. The Morgan fingerprint density at radius 2 is 1.02 bits per heavy atom. The molecule has 4 rings (SSSR count). The van der Waals surface area contributed by atoms with E-state index in [9.17, 15) is 14.4 Å². The van der Waals surface area contributed by atoms with Crippen molar-refractivity contribution in [1.82, 2.24) is 0 Å². The number of amides is 2. The topological polar surface area (TPSA) is 103 Å². The number of rotatable bonds is 11. The van der Waals surface area contributed by atoms with Crippen molar-refractivity contribution in [2.45, 2.75) is 39.0 Å². The maximum Gasteiger partial charge on any atom is 0.306 e. The van der Waals surface area contributed by atoms with E-state index in [1.54, 1.807) is 48.5 Å². The summed E-state index contributed by atoms with van der Waals surface area (Å²) >= 11 is 0. The van der Waals surface area contributed by atoms with Crippen LogP contribution in [0.1, 0.15) is 39.2 Å². The lowest BCUT2D eigenvalue weighted by Crippen LogP contribution is -2.21. The van der Waals surface area contributed by atoms with Crippen LogP contribution in [0.4, 0.5) is 11.4 Å². The van der Waals surface area contributed by atoms with Crippen LogP contribution in [0, 0.1) is 0 Å². The van der Waals surface area contributed by atoms with E-state index >= 15 is 0 Å². The number of hydrogen-bond acceptors (Lipinski definition) is 6. The van der Waals surface area contributed by atoms with Crippen molar-refractivity contribution in [2.24, 2.45) is 0 Å². The molecule has 0 aliphatic carbocycles. The van der Waals surface area contributed by atoms with Gasteiger partial charge in [0, 0.05) is 17.8 Å². The predicted octanol–water partition coefficient (Wildman–Crippen LogP) is 7.47. The summed E-state index contributed by atoms with van der Waals surface area (Å²) in [6.07, 6.45) is -0.238. The number of carbonyl (C=O) groups is 3. The van der Waals surface area contributed by atoms with Gasteiger partial charge < -0.3 is 24.8 Å². The first-order chi connectivity index (χ1) is 20.1. The molecule has 216 valence electrons.